The van der Waals surface area contributed by atoms with Crippen LogP contribution in [0.15, 0.2) is 0 Å². The molecule has 12 heavy (non-hydrogen) atoms. The molecule has 2 nitrogen and oxygen atoms in total. The van der Waals surface area contributed by atoms with E-state index in [9.17, 15) is 5.11 Å². The summed E-state index contributed by atoms with van der Waals surface area (Å²) < 4.78 is 0. The lowest BCUT2D eigenvalue weighted by Crippen LogP contribution is -2.33. The summed E-state index contributed by atoms with van der Waals surface area (Å²) in [5, 5.41) is 9.20. The third-order valence-corrected chi connectivity index (χ3v) is 2.69. The number of aliphatic hydroxyl groups excluding tert-OH is 1. The number of nitrogens with two attached hydrogens (primary N) is 1. The molecule has 0 aliphatic carbocycles. The fourth-order valence-electron chi connectivity index (χ4n) is 1.52. The summed E-state index contributed by atoms with van der Waals surface area (Å²) in [6.45, 7) is 9.47. The van der Waals surface area contributed by atoms with Crippen LogP contribution in [0.3, 0.4) is 0 Å². The van der Waals surface area contributed by atoms with Gasteiger partial charge in [0.05, 0.1) is 0 Å². The zero-order chi connectivity index (χ0) is 9.83. The summed E-state index contributed by atoms with van der Waals surface area (Å²) in [4.78, 5) is 0. The van der Waals surface area contributed by atoms with Gasteiger partial charge in [-0.3, -0.25) is 0 Å². The molecule has 0 bridgehead atoms. The van der Waals surface area contributed by atoms with E-state index in [0.717, 1.165) is 12.8 Å². The average Bonchev–Trinajstić information content (AvgIpc) is 2.04. The molecule has 0 aliphatic rings. The minimum atomic E-state index is 0.0445. The monoisotopic (exact) mass is 173 g/mol. The molecular formula is C10H23NO. The van der Waals surface area contributed by atoms with Gasteiger partial charge in [-0.2, -0.15) is 0 Å². The van der Waals surface area contributed by atoms with Crippen molar-refractivity contribution in [2.24, 2.45) is 16.6 Å². The highest BCUT2D eigenvalue weighted by atomic mass is 16.3. The SMILES string of the molecule is CCC(C)(CO)CC(C)(C)CN. The second kappa shape index (κ2) is 4.24. The highest BCUT2D eigenvalue weighted by Crippen LogP contribution is 2.35. The van der Waals surface area contributed by atoms with Gasteiger partial charge in [-0.05, 0) is 30.2 Å². The minimum Gasteiger partial charge on any atom is -0.396 e. The molecule has 0 aromatic carbocycles. The molecule has 0 radical (unpaired) electrons. The first-order valence-electron chi connectivity index (χ1n) is 4.70. The van der Waals surface area contributed by atoms with E-state index >= 15 is 0 Å². The Morgan fingerprint density at radius 2 is 1.75 bits per heavy atom. The molecule has 74 valence electrons. The third kappa shape index (κ3) is 3.55. The van der Waals surface area contributed by atoms with E-state index < -0.39 is 0 Å². The molecule has 0 fully saturated rings. The van der Waals surface area contributed by atoms with Crippen molar-refractivity contribution in [3.63, 3.8) is 0 Å². The number of aliphatic hydroxyl groups is 1. The van der Waals surface area contributed by atoms with Gasteiger partial charge in [0.15, 0.2) is 0 Å². The van der Waals surface area contributed by atoms with Crippen LogP contribution in [-0.4, -0.2) is 18.3 Å². The molecule has 2 heteroatoms. The molecule has 0 amide bonds. The smallest absolute Gasteiger partial charge is 0.0484 e. The molecule has 0 saturated carbocycles. The Labute approximate surface area is 76.2 Å². The lowest BCUT2D eigenvalue weighted by atomic mass is 9.73. The molecule has 1 atom stereocenters. The van der Waals surface area contributed by atoms with Gasteiger partial charge in [0, 0.05) is 6.61 Å². The Bertz CT molecular complexity index is 128. The van der Waals surface area contributed by atoms with Gasteiger partial charge >= 0.3 is 0 Å². The van der Waals surface area contributed by atoms with E-state index in [4.69, 9.17) is 5.73 Å². The Kier molecular flexibility index (Phi) is 4.21. The van der Waals surface area contributed by atoms with E-state index in [1.807, 2.05) is 0 Å². The van der Waals surface area contributed by atoms with Gasteiger partial charge in [0.1, 0.15) is 0 Å². The molecule has 1 unspecified atom stereocenters. The summed E-state index contributed by atoms with van der Waals surface area (Å²) in [5.41, 5.74) is 5.83. The summed E-state index contributed by atoms with van der Waals surface area (Å²) in [6, 6.07) is 0. The van der Waals surface area contributed by atoms with Gasteiger partial charge in [-0.1, -0.05) is 27.7 Å². The first-order chi connectivity index (χ1) is 5.39. The van der Waals surface area contributed by atoms with Crippen LogP contribution < -0.4 is 5.73 Å². The average molecular weight is 173 g/mol. The van der Waals surface area contributed by atoms with Crippen molar-refractivity contribution < 1.29 is 5.11 Å². The van der Waals surface area contributed by atoms with Gasteiger partial charge in [0.25, 0.3) is 0 Å². The number of hydrogen-bond acceptors (Lipinski definition) is 2. The fraction of sp³-hybridized carbons (Fsp3) is 1.00. The highest BCUT2D eigenvalue weighted by Gasteiger charge is 2.29. The maximum Gasteiger partial charge on any atom is 0.0484 e. The zero-order valence-electron chi connectivity index (χ0n) is 8.85. The molecule has 3 N–H and O–H groups in total. The first kappa shape index (κ1) is 11.9. The topological polar surface area (TPSA) is 46.2 Å². The summed E-state index contributed by atoms with van der Waals surface area (Å²) >= 11 is 0. The maximum absolute atomic E-state index is 9.20. The van der Waals surface area contributed by atoms with Crippen LogP contribution in [0.1, 0.15) is 40.5 Å². The summed E-state index contributed by atoms with van der Waals surface area (Å²) in [7, 11) is 0. The summed E-state index contributed by atoms with van der Waals surface area (Å²) in [5.74, 6) is 0. The minimum absolute atomic E-state index is 0.0445. The van der Waals surface area contributed by atoms with Gasteiger partial charge < -0.3 is 10.8 Å². The van der Waals surface area contributed by atoms with Crippen LogP contribution in [0.2, 0.25) is 0 Å². The second-order valence-corrected chi connectivity index (χ2v) is 4.87. The molecular weight excluding hydrogens is 150 g/mol. The van der Waals surface area contributed by atoms with Crippen molar-refractivity contribution in [2.45, 2.75) is 40.5 Å². The molecule has 0 heterocycles. The molecule has 0 rings (SSSR count). The Balaban J connectivity index is 4.20. The van der Waals surface area contributed by atoms with Crippen molar-refractivity contribution >= 4 is 0 Å². The zero-order valence-corrected chi connectivity index (χ0v) is 8.85. The van der Waals surface area contributed by atoms with E-state index in [1.54, 1.807) is 0 Å². The van der Waals surface area contributed by atoms with Crippen molar-refractivity contribution in [1.82, 2.24) is 0 Å². The molecule has 0 spiro atoms. The highest BCUT2D eigenvalue weighted by molar-refractivity contribution is 4.81. The lowest BCUT2D eigenvalue weighted by molar-refractivity contribution is 0.0860. The third-order valence-electron chi connectivity index (χ3n) is 2.69. The van der Waals surface area contributed by atoms with E-state index in [1.165, 1.54) is 0 Å². The van der Waals surface area contributed by atoms with Crippen LogP contribution in [0.25, 0.3) is 0 Å². The number of rotatable bonds is 5. The first-order valence-corrected chi connectivity index (χ1v) is 4.70. The molecule has 0 aliphatic heterocycles. The lowest BCUT2D eigenvalue weighted by Gasteiger charge is -2.34. The predicted molar refractivity (Wildman–Crippen MR) is 52.9 cm³/mol. The quantitative estimate of drug-likeness (QED) is 0.665. The second-order valence-electron chi connectivity index (χ2n) is 4.87. The van der Waals surface area contributed by atoms with Gasteiger partial charge in [-0.15, -0.1) is 0 Å². The van der Waals surface area contributed by atoms with Crippen LogP contribution in [0, 0.1) is 10.8 Å². The standard InChI is InChI=1S/C10H23NO/c1-5-10(4,8-12)6-9(2,3)7-11/h12H,5-8,11H2,1-4H3. The van der Waals surface area contributed by atoms with Crippen molar-refractivity contribution in [2.75, 3.05) is 13.2 Å². The van der Waals surface area contributed by atoms with Crippen LogP contribution in [0.4, 0.5) is 0 Å². The van der Waals surface area contributed by atoms with Crippen molar-refractivity contribution in [1.29, 1.82) is 0 Å². The van der Waals surface area contributed by atoms with E-state index in [-0.39, 0.29) is 17.4 Å². The van der Waals surface area contributed by atoms with E-state index in [0.29, 0.717) is 6.54 Å². The Hall–Kier alpha value is -0.0800. The van der Waals surface area contributed by atoms with Crippen molar-refractivity contribution in [3.8, 4) is 0 Å². The molecule has 0 saturated heterocycles. The van der Waals surface area contributed by atoms with Crippen molar-refractivity contribution in [3.05, 3.63) is 0 Å². The van der Waals surface area contributed by atoms with Crippen LogP contribution in [0.5, 0.6) is 0 Å². The fourth-order valence-corrected chi connectivity index (χ4v) is 1.52. The van der Waals surface area contributed by atoms with Crippen LogP contribution in [-0.2, 0) is 0 Å². The van der Waals surface area contributed by atoms with Gasteiger partial charge in [-0.25, -0.2) is 0 Å². The number of hydrogen-bond donors (Lipinski definition) is 2. The normalized spacial score (nSPS) is 17.5. The van der Waals surface area contributed by atoms with Crippen LogP contribution >= 0.6 is 0 Å². The Morgan fingerprint density at radius 3 is 2.00 bits per heavy atom. The predicted octanol–water partition coefficient (Wildman–Crippen LogP) is 1.77. The van der Waals surface area contributed by atoms with E-state index in [2.05, 4.69) is 27.7 Å². The largest absolute Gasteiger partial charge is 0.396 e. The Morgan fingerprint density at radius 1 is 1.25 bits per heavy atom. The maximum atomic E-state index is 9.20. The molecule has 0 aromatic heterocycles. The summed E-state index contributed by atoms with van der Waals surface area (Å²) in [6.07, 6.45) is 2.00. The van der Waals surface area contributed by atoms with Gasteiger partial charge in [0.2, 0.25) is 0 Å². The molecule has 0 aromatic rings.